The number of aryl methyl sites for hydroxylation is 1. The van der Waals surface area contributed by atoms with Gasteiger partial charge >= 0.3 is 6.03 Å². The fraction of sp³-hybridized carbons (Fsp3) is 0.583. The molecule has 0 aliphatic heterocycles. The van der Waals surface area contributed by atoms with Gasteiger partial charge in [-0.1, -0.05) is 0 Å². The first kappa shape index (κ1) is 13.4. The van der Waals surface area contributed by atoms with Crippen LogP contribution in [0.1, 0.15) is 26.7 Å². The molecule has 1 heterocycles. The zero-order chi connectivity index (χ0) is 13.8. The molecule has 0 bridgehead atoms. The monoisotopic (exact) mass is 265 g/mol. The second-order valence-electron chi connectivity index (χ2n) is 4.69. The molecule has 1 aliphatic rings. The average molecular weight is 265 g/mol. The van der Waals surface area contributed by atoms with Crippen LogP contribution in [0.4, 0.5) is 10.5 Å². The van der Waals surface area contributed by atoms with Crippen LogP contribution in [-0.2, 0) is 11.3 Å². The minimum absolute atomic E-state index is 0.235. The molecule has 1 atom stereocenters. The molecular formula is C12H19N5O2. The van der Waals surface area contributed by atoms with E-state index < -0.39 is 12.1 Å². The summed E-state index contributed by atoms with van der Waals surface area (Å²) in [6.45, 7) is 4.45. The molecule has 7 nitrogen and oxygen atoms in total. The van der Waals surface area contributed by atoms with Gasteiger partial charge in [-0.05, 0) is 26.7 Å². The van der Waals surface area contributed by atoms with Crippen LogP contribution >= 0.6 is 0 Å². The van der Waals surface area contributed by atoms with Crippen molar-refractivity contribution in [1.82, 2.24) is 20.4 Å². The molecule has 0 aromatic carbocycles. The highest BCUT2D eigenvalue weighted by atomic mass is 16.2. The lowest BCUT2D eigenvalue weighted by atomic mass is 10.3. The first-order valence-corrected chi connectivity index (χ1v) is 6.49. The zero-order valence-corrected chi connectivity index (χ0v) is 11.1. The minimum atomic E-state index is -0.501. The Morgan fingerprint density at radius 1 is 1.53 bits per heavy atom. The molecule has 0 spiro atoms. The molecular weight excluding hydrogens is 246 g/mol. The lowest BCUT2D eigenvalue weighted by molar-refractivity contribution is -0.120. The van der Waals surface area contributed by atoms with Crippen molar-refractivity contribution in [1.29, 1.82) is 0 Å². The van der Waals surface area contributed by atoms with E-state index in [2.05, 4.69) is 21.0 Å². The Balaban J connectivity index is 1.79. The number of carbonyl (C=O) groups is 2. The van der Waals surface area contributed by atoms with Gasteiger partial charge in [-0.15, -0.1) is 0 Å². The normalized spacial score (nSPS) is 15.7. The summed E-state index contributed by atoms with van der Waals surface area (Å²) in [6.07, 6.45) is 5.45. The van der Waals surface area contributed by atoms with E-state index in [1.165, 1.54) is 0 Å². The third kappa shape index (κ3) is 3.97. The van der Waals surface area contributed by atoms with Gasteiger partial charge in [0.2, 0.25) is 5.91 Å². The fourth-order valence-corrected chi connectivity index (χ4v) is 1.60. The highest BCUT2D eigenvalue weighted by molar-refractivity contribution is 5.98. The summed E-state index contributed by atoms with van der Waals surface area (Å²) in [6, 6.07) is -0.691. The van der Waals surface area contributed by atoms with E-state index in [0.717, 1.165) is 25.1 Å². The molecule has 1 aromatic rings. The van der Waals surface area contributed by atoms with Crippen LogP contribution in [0.5, 0.6) is 0 Å². The van der Waals surface area contributed by atoms with Gasteiger partial charge in [0, 0.05) is 18.8 Å². The second kappa shape index (κ2) is 5.73. The molecule has 1 unspecified atom stereocenters. The lowest BCUT2D eigenvalue weighted by Gasteiger charge is -2.13. The molecule has 1 saturated carbocycles. The van der Waals surface area contributed by atoms with E-state index in [0.29, 0.717) is 0 Å². The SMILES string of the molecule is CCn1cc(NC(C)C(=O)NC(=O)NC2CC2)cn1. The predicted molar refractivity (Wildman–Crippen MR) is 70.7 cm³/mol. The van der Waals surface area contributed by atoms with Crippen molar-refractivity contribution in [3.8, 4) is 0 Å². The predicted octanol–water partition coefficient (Wildman–Crippen LogP) is 0.692. The summed E-state index contributed by atoms with van der Waals surface area (Å²) in [7, 11) is 0. The third-order valence-corrected chi connectivity index (χ3v) is 2.88. The summed E-state index contributed by atoms with van der Waals surface area (Å²) in [4.78, 5) is 23.2. The molecule has 3 N–H and O–H groups in total. The summed E-state index contributed by atoms with van der Waals surface area (Å²) in [5.41, 5.74) is 0.757. The van der Waals surface area contributed by atoms with Crippen molar-refractivity contribution in [2.24, 2.45) is 0 Å². The molecule has 7 heteroatoms. The van der Waals surface area contributed by atoms with Crippen molar-refractivity contribution in [3.63, 3.8) is 0 Å². The summed E-state index contributed by atoms with van der Waals surface area (Å²) in [5, 5.41) is 12.1. The van der Waals surface area contributed by atoms with E-state index in [1.807, 2.05) is 13.1 Å². The number of anilines is 1. The number of hydrogen-bond acceptors (Lipinski definition) is 4. The number of rotatable bonds is 5. The number of amides is 3. The maximum Gasteiger partial charge on any atom is 0.321 e. The van der Waals surface area contributed by atoms with E-state index >= 15 is 0 Å². The van der Waals surface area contributed by atoms with E-state index in [4.69, 9.17) is 0 Å². The largest absolute Gasteiger partial charge is 0.371 e. The van der Waals surface area contributed by atoms with Crippen molar-refractivity contribution >= 4 is 17.6 Å². The number of imide groups is 1. The molecule has 1 fully saturated rings. The highest BCUT2D eigenvalue weighted by Crippen LogP contribution is 2.18. The Kier molecular flexibility index (Phi) is 4.03. The van der Waals surface area contributed by atoms with Gasteiger partial charge in [-0.2, -0.15) is 5.10 Å². The number of nitrogens with zero attached hydrogens (tertiary/aromatic N) is 2. The smallest absolute Gasteiger partial charge is 0.321 e. The molecule has 19 heavy (non-hydrogen) atoms. The Labute approximate surface area is 111 Å². The van der Waals surface area contributed by atoms with Gasteiger partial charge in [-0.25, -0.2) is 4.79 Å². The van der Waals surface area contributed by atoms with Crippen molar-refractivity contribution in [3.05, 3.63) is 12.4 Å². The van der Waals surface area contributed by atoms with Crippen molar-refractivity contribution < 1.29 is 9.59 Å². The van der Waals surface area contributed by atoms with Gasteiger partial charge in [0.05, 0.1) is 11.9 Å². The topological polar surface area (TPSA) is 88.0 Å². The number of nitrogens with one attached hydrogen (secondary N) is 3. The molecule has 104 valence electrons. The van der Waals surface area contributed by atoms with Crippen LogP contribution in [0.25, 0.3) is 0 Å². The first-order valence-electron chi connectivity index (χ1n) is 6.49. The zero-order valence-electron chi connectivity index (χ0n) is 11.1. The lowest BCUT2D eigenvalue weighted by Crippen LogP contribution is -2.46. The van der Waals surface area contributed by atoms with E-state index in [1.54, 1.807) is 17.8 Å². The minimum Gasteiger partial charge on any atom is -0.371 e. The van der Waals surface area contributed by atoms with E-state index in [9.17, 15) is 9.59 Å². The molecule has 0 radical (unpaired) electrons. The molecule has 2 rings (SSSR count). The summed E-state index contributed by atoms with van der Waals surface area (Å²) in [5.74, 6) is -0.359. The standard InChI is InChI=1S/C12H19N5O2/c1-3-17-7-10(6-13-17)14-8(2)11(18)16-12(19)15-9-4-5-9/h6-9,14H,3-5H2,1-2H3,(H2,15,16,18,19). The molecule has 1 aliphatic carbocycles. The Morgan fingerprint density at radius 3 is 2.84 bits per heavy atom. The number of hydrogen-bond donors (Lipinski definition) is 3. The molecule has 3 amide bonds. The Hall–Kier alpha value is -2.05. The second-order valence-corrected chi connectivity index (χ2v) is 4.69. The Morgan fingerprint density at radius 2 is 2.26 bits per heavy atom. The van der Waals surface area contributed by atoms with Crippen molar-refractivity contribution in [2.45, 2.75) is 45.3 Å². The molecule has 0 saturated heterocycles. The quantitative estimate of drug-likeness (QED) is 0.731. The number of carbonyl (C=O) groups excluding carboxylic acids is 2. The van der Waals surface area contributed by atoms with E-state index in [-0.39, 0.29) is 11.9 Å². The van der Waals surface area contributed by atoms with Gasteiger partial charge in [0.25, 0.3) is 0 Å². The highest BCUT2D eigenvalue weighted by Gasteiger charge is 2.24. The van der Waals surface area contributed by atoms with Gasteiger partial charge < -0.3 is 10.6 Å². The number of aromatic nitrogens is 2. The number of urea groups is 1. The van der Waals surface area contributed by atoms with Crippen LogP contribution in [0.2, 0.25) is 0 Å². The van der Waals surface area contributed by atoms with Gasteiger partial charge in [-0.3, -0.25) is 14.8 Å². The van der Waals surface area contributed by atoms with Gasteiger partial charge in [0.1, 0.15) is 6.04 Å². The van der Waals surface area contributed by atoms with Crippen LogP contribution in [-0.4, -0.2) is 33.8 Å². The van der Waals surface area contributed by atoms with Crippen molar-refractivity contribution in [2.75, 3.05) is 5.32 Å². The Bertz CT molecular complexity index is 466. The van der Waals surface area contributed by atoms with Crippen LogP contribution < -0.4 is 16.0 Å². The van der Waals surface area contributed by atoms with Crippen LogP contribution in [0.15, 0.2) is 12.4 Å². The maximum absolute atomic E-state index is 11.8. The van der Waals surface area contributed by atoms with Gasteiger partial charge in [0.15, 0.2) is 0 Å². The summed E-state index contributed by atoms with van der Waals surface area (Å²) >= 11 is 0. The fourth-order valence-electron chi connectivity index (χ4n) is 1.60. The average Bonchev–Trinajstić information content (AvgIpc) is 3.05. The van der Waals surface area contributed by atoms with Crippen LogP contribution in [0, 0.1) is 0 Å². The first-order chi connectivity index (χ1) is 9.08. The summed E-state index contributed by atoms with van der Waals surface area (Å²) < 4.78 is 1.76. The molecule has 1 aromatic heterocycles. The third-order valence-electron chi connectivity index (χ3n) is 2.88. The van der Waals surface area contributed by atoms with Crippen LogP contribution in [0.3, 0.4) is 0 Å². The maximum atomic E-state index is 11.8.